The van der Waals surface area contributed by atoms with Crippen LogP contribution in [0.4, 0.5) is 0 Å². The van der Waals surface area contributed by atoms with Crippen LogP contribution in [0.15, 0.2) is 48.6 Å². The largest absolute Gasteiger partial charge is 0.344 e. The van der Waals surface area contributed by atoms with Gasteiger partial charge in [-0.3, -0.25) is 0 Å². The molecule has 3 heteroatoms. The van der Waals surface area contributed by atoms with E-state index in [2.05, 4.69) is 74.4 Å². The fourth-order valence-corrected chi connectivity index (χ4v) is 8.81. The number of rotatable bonds is 30. The van der Waals surface area contributed by atoms with Gasteiger partial charge in [0.05, 0.1) is 12.2 Å². The lowest BCUT2D eigenvalue weighted by Gasteiger charge is -2.32. The molecule has 50 heavy (non-hydrogen) atoms. The summed E-state index contributed by atoms with van der Waals surface area (Å²) in [5.41, 5.74) is 0.434. The van der Waals surface area contributed by atoms with Gasteiger partial charge in [0.1, 0.15) is 0 Å². The summed E-state index contributed by atoms with van der Waals surface area (Å²) in [6.07, 6.45) is 59.0. The molecule has 3 fully saturated rings. The monoisotopic (exact) mass is 694 g/mol. The van der Waals surface area contributed by atoms with Crippen LogP contribution in [0.25, 0.3) is 0 Å². The third-order valence-electron chi connectivity index (χ3n) is 11.9. The fraction of sp³-hybridized carbons (Fsp3) is 0.830. The first kappa shape index (κ1) is 43.2. The number of ether oxygens (including phenoxy) is 2. The molecule has 2 heterocycles. The van der Waals surface area contributed by atoms with Crippen LogP contribution < -0.4 is 0 Å². The second kappa shape index (κ2) is 27.4. The van der Waals surface area contributed by atoms with E-state index >= 15 is 0 Å². The van der Waals surface area contributed by atoms with E-state index in [9.17, 15) is 0 Å². The van der Waals surface area contributed by atoms with Crippen LogP contribution >= 0.6 is 0 Å². The van der Waals surface area contributed by atoms with Crippen LogP contribution in [0, 0.1) is 5.41 Å². The van der Waals surface area contributed by atoms with Crippen molar-refractivity contribution in [3.63, 3.8) is 0 Å². The van der Waals surface area contributed by atoms with Crippen molar-refractivity contribution in [3.05, 3.63) is 48.6 Å². The Bertz CT molecular complexity index is 887. The molecule has 0 bridgehead atoms. The summed E-state index contributed by atoms with van der Waals surface area (Å²) in [5.74, 6) is -0.281. The van der Waals surface area contributed by atoms with E-state index in [0.29, 0.717) is 11.5 Å². The number of hydrogen-bond acceptors (Lipinski definition) is 3. The predicted octanol–water partition coefficient (Wildman–Crippen LogP) is 14.4. The van der Waals surface area contributed by atoms with Gasteiger partial charge in [-0.05, 0) is 102 Å². The van der Waals surface area contributed by atoms with E-state index in [4.69, 9.17) is 9.47 Å². The van der Waals surface area contributed by atoms with Crippen LogP contribution in [-0.4, -0.2) is 43.0 Å². The summed E-state index contributed by atoms with van der Waals surface area (Å²) in [6.45, 7) is 6.74. The molecule has 0 radical (unpaired) electrons. The maximum Gasteiger partial charge on any atom is 0.169 e. The highest BCUT2D eigenvalue weighted by Crippen LogP contribution is 2.56. The molecule has 3 nitrogen and oxygen atoms in total. The van der Waals surface area contributed by atoms with Crippen LogP contribution in [0.2, 0.25) is 0 Å². The first-order chi connectivity index (χ1) is 24.6. The Morgan fingerprint density at radius 2 is 0.960 bits per heavy atom. The molecule has 3 rings (SSSR count). The lowest BCUT2D eigenvalue weighted by atomic mass is 9.76. The lowest BCUT2D eigenvalue weighted by molar-refractivity contribution is -0.174. The van der Waals surface area contributed by atoms with Gasteiger partial charge in [0, 0.05) is 25.9 Å². The molecule has 0 aromatic heterocycles. The lowest BCUT2D eigenvalue weighted by Crippen LogP contribution is -2.43. The van der Waals surface area contributed by atoms with Gasteiger partial charge in [0.2, 0.25) is 0 Å². The third-order valence-corrected chi connectivity index (χ3v) is 11.9. The smallest absolute Gasteiger partial charge is 0.169 e. The Morgan fingerprint density at radius 1 is 0.520 bits per heavy atom. The highest BCUT2D eigenvalue weighted by molar-refractivity contribution is 5.01. The quantitative estimate of drug-likeness (QED) is 0.0552. The predicted molar refractivity (Wildman–Crippen MR) is 219 cm³/mol. The van der Waals surface area contributed by atoms with E-state index < -0.39 is 0 Å². The summed E-state index contributed by atoms with van der Waals surface area (Å²) in [7, 11) is 2.24. The Morgan fingerprint density at radius 3 is 1.46 bits per heavy atom. The Hall–Kier alpha value is -1.16. The van der Waals surface area contributed by atoms with Crippen LogP contribution in [-0.2, 0) is 9.47 Å². The average molecular weight is 694 g/mol. The minimum absolute atomic E-state index is 0.281. The summed E-state index contributed by atoms with van der Waals surface area (Å²) in [6, 6.07) is 0. The van der Waals surface area contributed by atoms with Crippen molar-refractivity contribution in [3.8, 4) is 0 Å². The molecule has 0 N–H and O–H groups in total. The van der Waals surface area contributed by atoms with Gasteiger partial charge in [-0.2, -0.15) is 0 Å². The Balaban J connectivity index is 1.28. The molecule has 0 amide bonds. The van der Waals surface area contributed by atoms with Crippen molar-refractivity contribution in [1.29, 1.82) is 0 Å². The zero-order chi connectivity index (χ0) is 35.4. The number of unbranched alkanes of at least 4 members (excludes halogenated alkanes) is 18. The minimum Gasteiger partial charge on any atom is -0.344 e. The molecule has 1 saturated carbocycles. The molecule has 0 aromatic rings. The highest BCUT2D eigenvalue weighted by atomic mass is 16.8. The molecule has 3 aliphatic rings. The van der Waals surface area contributed by atoms with E-state index in [1.165, 1.54) is 161 Å². The molecule has 3 atom stereocenters. The number of hydrogen-bond donors (Lipinski definition) is 0. The van der Waals surface area contributed by atoms with Crippen molar-refractivity contribution >= 4 is 0 Å². The van der Waals surface area contributed by atoms with Gasteiger partial charge in [-0.25, -0.2) is 0 Å². The second-order valence-electron chi connectivity index (χ2n) is 16.6. The van der Waals surface area contributed by atoms with Crippen molar-refractivity contribution in [2.24, 2.45) is 5.41 Å². The zero-order valence-corrected chi connectivity index (χ0v) is 33.7. The van der Waals surface area contributed by atoms with Gasteiger partial charge < -0.3 is 14.4 Å². The maximum absolute atomic E-state index is 6.82. The van der Waals surface area contributed by atoms with Crippen molar-refractivity contribution in [2.75, 3.05) is 20.1 Å². The van der Waals surface area contributed by atoms with E-state index in [-0.39, 0.29) is 11.9 Å². The molecular weight excluding hydrogens is 611 g/mol. The van der Waals surface area contributed by atoms with Gasteiger partial charge in [-0.15, -0.1) is 0 Å². The number of nitrogens with zero attached hydrogens (tertiary/aromatic N) is 1. The number of piperidine rings is 1. The Labute approximate surface area is 312 Å². The van der Waals surface area contributed by atoms with Crippen LogP contribution in [0.5, 0.6) is 0 Å². The van der Waals surface area contributed by atoms with Crippen LogP contribution in [0.3, 0.4) is 0 Å². The third kappa shape index (κ3) is 18.6. The molecule has 288 valence electrons. The van der Waals surface area contributed by atoms with Crippen molar-refractivity contribution < 1.29 is 9.47 Å². The molecule has 2 saturated heterocycles. The van der Waals surface area contributed by atoms with E-state index in [1.807, 2.05) is 0 Å². The van der Waals surface area contributed by atoms with Gasteiger partial charge in [-0.1, -0.05) is 152 Å². The Kier molecular flexibility index (Phi) is 23.7. The number of likely N-dealkylation sites (tertiary alicyclic amines) is 1. The topological polar surface area (TPSA) is 21.7 Å². The van der Waals surface area contributed by atoms with Crippen LogP contribution in [0.1, 0.15) is 206 Å². The first-order valence-electron chi connectivity index (χ1n) is 22.2. The molecule has 0 aromatic carbocycles. The van der Waals surface area contributed by atoms with Crippen molar-refractivity contribution in [2.45, 2.75) is 224 Å². The molecule has 3 unspecified atom stereocenters. The van der Waals surface area contributed by atoms with Crippen molar-refractivity contribution in [1.82, 2.24) is 4.90 Å². The van der Waals surface area contributed by atoms with Gasteiger partial charge >= 0.3 is 0 Å². The fourth-order valence-electron chi connectivity index (χ4n) is 8.81. The summed E-state index contributed by atoms with van der Waals surface area (Å²) >= 11 is 0. The molecular formula is C47H83NO2. The molecule has 1 spiro atoms. The average Bonchev–Trinajstić information content (AvgIpc) is 3.65. The van der Waals surface area contributed by atoms with E-state index in [0.717, 1.165) is 45.2 Å². The normalized spacial score (nSPS) is 25.9. The zero-order valence-electron chi connectivity index (χ0n) is 33.7. The SMILES string of the molecule is CCCCCC=CCC=CCCCCCCCCC1(CCCCCCCCC=CCC=CCCCCC)CCC2(C1)OC1CCN(C)CC1O2. The molecule has 2 aliphatic heterocycles. The van der Waals surface area contributed by atoms with Gasteiger partial charge in [0.15, 0.2) is 5.79 Å². The standard InChI is InChI=1S/C47H83NO2/c1-4-6-8-10-12-14-16-18-20-22-24-26-28-30-32-34-37-46(39-40-47(43-46)49-44-36-41-48(3)42-45(44)50-47)38-35-33-31-29-27-25-23-21-19-17-15-13-11-9-7-5-2/h12-15,18-21,44-45H,4-11,16-17,22-43H2,1-3H3. The highest BCUT2D eigenvalue weighted by Gasteiger charge is 2.56. The summed E-state index contributed by atoms with van der Waals surface area (Å²) < 4.78 is 13.6. The number of fused-ring (bicyclic) bond motifs is 1. The van der Waals surface area contributed by atoms with Gasteiger partial charge in [0.25, 0.3) is 0 Å². The first-order valence-corrected chi connectivity index (χ1v) is 22.2. The number of likely N-dealkylation sites (N-methyl/N-ethyl adjacent to an activating group) is 1. The van der Waals surface area contributed by atoms with E-state index in [1.54, 1.807) is 0 Å². The summed E-state index contributed by atoms with van der Waals surface area (Å²) in [4.78, 5) is 2.43. The maximum atomic E-state index is 6.82. The minimum atomic E-state index is -0.281. The second-order valence-corrected chi connectivity index (χ2v) is 16.6. The number of allylic oxidation sites excluding steroid dienone is 8. The summed E-state index contributed by atoms with van der Waals surface area (Å²) in [5, 5.41) is 0. The molecule has 1 aliphatic carbocycles.